The standard InChI is InChI=1S/C15H27N3O/c1-4-6-16-9-13-8-15(19-12-13)11-18-7-5-14(10-18)17(2)3/h8,12,14,16H,4-7,9-11H2,1-3H3. The third kappa shape index (κ3) is 4.34. The number of nitrogens with one attached hydrogen (secondary N) is 1. The van der Waals surface area contributed by atoms with Crippen molar-refractivity contribution in [3.05, 3.63) is 23.7 Å². The molecule has 108 valence electrons. The van der Waals surface area contributed by atoms with Gasteiger partial charge in [0.25, 0.3) is 0 Å². The summed E-state index contributed by atoms with van der Waals surface area (Å²) in [4.78, 5) is 4.80. The summed E-state index contributed by atoms with van der Waals surface area (Å²) in [5.74, 6) is 1.09. The lowest BCUT2D eigenvalue weighted by molar-refractivity contribution is 0.252. The molecule has 1 atom stereocenters. The topological polar surface area (TPSA) is 31.7 Å². The first-order valence-electron chi connectivity index (χ1n) is 7.34. The van der Waals surface area contributed by atoms with E-state index in [0.29, 0.717) is 6.04 Å². The molecule has 0 radical (unpaired) electrons. The van der Waals surface area contributed by atoms with Crippen molar-refractivity contribution >= 4 is 0 Å². The maximum atomic E-state index is 5.66. The third-order valence-corrected chi connectivity index (χ3v) is 3.82. The molecule has 19 heavy (non-hydrogen) atoms. The molecule has 4 nitrogen and oxygen atoms in total. The first kappa shape index (κ1) is 14.6. The van der Waals surface area contributed by atoms with Gasteiger partial charge < -0.3 is 14.6 Å². The van der Waals surface area contributed by atoms with Crippen LogP contribution in [0.2, 0.25) is 0 Å². The maximum absolute atomic E-state index is 5.66. The Bertz CT molecular complexity index is 375. The van der Waals surface area contributed by atoms with Gasteiger partial charge in [0.05, 0.1) is 12.8 Å². The molecule has 1 aliphatic rings. The van der Waals surface area contributed by atoms with Gasteiger partial charge in [0, 0.05) is 31.2 Å². The van der Waals surface area contributed by atoms with Crippen molar-refractivity contribution < 1.29 is 4.42 Å². The first-order valence-corrected chi connectivity index (χ1v) is 7.34. The van der Waals surface area contributed by atoms with Gasteiger partial charge in [-0.2, -0.15) is 0 Å². The number of hydrogen-bond donors (Lipinski definition) is 1. The van der Waals surface area contributed by atoms with E-state index in [0.717, 1.165) is 31.9 Å². The van der Waals surface area contributed by atoms with E-state index in [9.17, 15) is 0 Å². The number of likely N-dealkylation sites (N-methyl/N-ethyl adjacent to an activating group) is 1. The lowest BCUT2D eigenvalue weighted by Gasteiger charge is -2.19. The molecule has 1 N–H and O–H groups in total. The Hall–Kier alpha value is -0.840. The molecule has 1 saturated heterocycles. The Morgan fingerprint density at radius 3 is 3.00 bits per heavy atom. The molecule has 0 bridgehead atoms. The molecule has 0 saturated carbocycles. The van der Waals surface area contributed by atoms with E-state index < -0.39 is 0 Å². The quantitative estimate of drug-likeness (QED) is 0.763. The minimum absolute atomic E-state index is 0.695. The highest BCUT2D eigenvalue weighted by molar-refractivity contribution is 5.12. The highest BCUT2D eigenvalue weighted by Gasteiger charge is 2.24. The molecule has 4 heteroatoms. The second kappa shape index (κ2) is 7.08. The Morgan fingerprint density at radius 1 is 1.47 bits per heavy atom. The first-order chi connectivity index (χ1) is 9.19. The van der Waals surface area contributed by atoms with Crippen molar-refractivity contribution in [1.29, 1.82) is 0 Å². The van der Waals surface area contributed by atoms with Crippen molar-refractivity contribution in [2.75, 3.05) is 33.7 Å². The van der Waals surface area contributed by atoms with Gasteiger partial charge in [-0.25, -0.2) is 0 Å². The lowest BCUT2D eigenvalue weighted by atomic mass is 10.2. The summed E-state index contributed by atoms with van der Waals surface area (Å²) in [6, 6.07) is 2.88. The van der Waals surface area contributed by atoms with Crippen LogP contribution in [0, 0.1) is 0 Å². The summed E-state index contributed by atoms with van der Waals surface area (Å²) in [6.45, 7) is 7.43. The zero-order chi connectivity index (χ0) is 13.7. The predicted octanol–water partition coefficient (Wildman–Crippen LogP) is 1.92. The van der Waals surface area contributed by atoms with Crippen molar-refractivity contribution in [2.45, 2.75) is 38.9 Å². The van der Waals surface area contributed by atoms with Crippen LogP contribution in [0.25, 0.3) is 0 Å². The van der Waals surface area contributed by atoms with Gasteiger partial charge in [0.15, 0.2) is 0 Å². The van der Waals surface area contributed by atoms with Crippen molar-refractivity contribution in [3.8, 4) is 0 Å². The lowest BCUT2D eigenvalue weighted by Crippen LogP contribution is -2.31. The molecule has 1 unspecified atom stereocenters. The van der Waals surface area contributed by atoms with E-state index in [2.05, 4.69) is 42.2 Å². The Balaban J connectivity index is 1.77. The van der Waals surface area contributed by atoms with Crippen molar-refractivity contribution in [1.82, 2.24) is 15.1 Å². The summed E-state index contributed by atoms with van der Waals surface area (Å²) >= 11 is 0. The highest BCUT2D eigenvalue weighted by Crippen LogP contribution is 2.17. The molecular weight excluding hydrogens is 238 g/mol. The van der Waals surface area contributed by atoms with Gasteiger partial charge in [0.1, 0.15) is 5.76 Å². The average molecular weight is 265 g/mol. The minimum atomic E-state index is 0.695. The van der Waals surface area contributed by atoms with Gasteiger partial charge in [-0.05, 0) is 39.5 Å². The molecular formula is C15H27N3O. The summed E-state index contributed by atoms with van der Waals surface area (Å²) < 4.78 is 5.66. The fourth-order valence-electron chi connectivity index (χ4n) is 2.61. The summed E-state index contributed by atoms with van der Waals surface area (Å²) in [5.41, 5.74) is 1.26. The van der Waals surface area contributed by atoms with Crippen LogP contribution in [0.1, 0.15) is 31.1 Å². The molecule has 2 rings (SSSR count). The largest absolute Gasteiger partial charge is 0.468 e. The molecule has 1 fully saturated rings. The minimum Gasteiger partial charge on any atom is -0.468 e. The molecule has 0 amide bonds. The Kier molecular flexibility index (Phi) is 5.43. The second-order valence-electron chi connectivity index (χ2n) is 5.74. The molecule has 2 heterocycles. The van der Waals surface area contributed by atoms with E-state index in [4.69, 9.17) is 4.42 Å². The third-order valence-electron chi connectivity index (χ3n) is 3.82. The SMILES string of the molecule is CCCNCc1coc(CN2CCC(N(C)C)C2)c1. The Labute approximate surface area is 116 Å². The normalized spacial score (nSPS) is 20.5. The smallest absolute Gasteiger partial charge is 0.118 e. The van der Waals surface area contributed by atoms with E-state index in [1.54, 1.807) is 0 Å². The fraction of sp³-hybridized carbons (Fsp3) is 0.733. The average Bonchev–Trinajstić information content (AvgIpc) is 3.00. The number of nitrogens with zero attached hydrogens (tertiary/aromatic N) is 2. The molecule has 0 aliphatic carbocycles. The van der Waals surface area contributed by atoms with Crippen LogP contribution >= 0.6 is 0 Å². The second-order valence-corrected chi connectivity index (χ2v) is 5.74. The van der Waals surface area contributed by atoms with Gasteiger partial charge in [-0.3, -0.25) is 4.90 Å². The van der Waals surface area contributed by atoms with Crippen LogP contribution < -0.4 is 5.32 Å². The predicted molar refractivity (Wildman–Crippen MR) is 78.1 cm³/mol. The van der Waals surface area contributed by atoms with Crippen molar-refractivity contribution in [2.24, 2.45) is 0 Å². The van der Waals surface area contributed by atoms with Crippen LogP contribution in [-0.2, 0) is 13.1 Å². The van der Waals surface area contributed by atoms with E-state index in [1.165, 1.54) is 24.9 Å². The number of furan rings is 1. The highest BCUT2D eigenvalue weighted by atomic mass is 16.3. The molecule has 1 aromatic rings. The van der Waals surface area contributed by atoms with Gasteiger partial charge in [-0.1, -0.05) is 6.92 Å². The van der Waals surface area contributed by atoms with E-state index in [-0.39, 0.29) is 0 Å². The molecule has 1 aromatic heterocycles. The molecule has 0 aromatic carbocycles. The number of likely N-dealkylation sites (tertiary alicyclic amines) is 1. The van der Waals surface area contributed by atoms with Crippen LogP contribution in [0.4, 0.5) is 0 Å². The zero-order valence-corrected chi connectivity index (χ0v) is 12.5. The van der Waals surface area contributed by atoms with Gasteiger partial charge >= 0.3 is 0 Å². The van der Waals surface area contributed by atoms with Gasteiger partial charge in [-0.15, -0.1) is 0 Å². The van der Waals surface area contributed by atoms with Crippen molar-refractivity contribution in [3.63, 3.8) is 0 Å². The maximum Gasteiger partial charge on any atom is 0.118 e. The summed E-state index contributed by atoms with van der Waals surface area (Å²) in [5, 5.41) is 3.40. The number of rotatable bonds is 7. The monoisotopic (exact) mass is 265 g/mol. The van der Waals surface area contributed by atoms with Gasteiger partial charge in [0.2, 0.25) is 0 Å². The number of hydrogen-bond acceptors (Lipinski definition) is 4. The molecule has 1 aliphatic heterocycles. The van der Waals surface area contributed by atoms with Crippen LogP contribution in [0.15, 0.2) is 16.7 Å². The van der Waals surface area contributed by atoms with Crippen LogP contribution in [-0.4, -0.2) is 49.6 Å². The van der Waals surface area contributed by atoms with E-state index in [1.807, 2.05) is 6.26 Å². The Morgan fingerprint density at radius 2 is 2.32 bits per heavy atom. The molecule has 0 spiro atoms. The zero-order valence-electron chi connectivity index (χ0n) is 12.5. The summed E-state index contributed by atoms with van der Waals surface area (Å²) in [6.07, 6.45) is 4.32. The fourth-order valence-corrected chi connectivity index (χ4v) is 2.61. The van der Waals surface area contributed by atoms with E-state index >= 15 is 0 Å². The van der Waals surface area contributed by atoms with Crippen LogP contribution in [0.5, 0.6) is 0 Å². The van der Waals surface area contributed by atoms with Crippen LogP contribution in [0.3, 0.4) is 0 Å². The summed E-state index contributed by atoms with van der Waals surface area (Å²) in [7, 11) is 4.33.